The van der Waals surface area contributed by atoms with Gasteiger partial charge < -0.3 is 4.90 Å². The van der Waals surface area contributed by atoms with Crippen molar-refractivity contribution in [3.8, 4) is 0 Å². The summed E-state index contributed by atoms with van der Waals surface area (Å²) in [5.41, 5.74) is 2.82. The number of thiazole rings is 1. The van der Waals surface area contributed by atoms with E-state index in [0.29, 0.717) is 6.54 Å². The molecule has 1 unspecified atom stereocenters. The monoisotopic (exact) mass is 333 g/mol. The summed E-state index contributed by atoms with van der Waals surface area (Å²) < 4.78 is 13.1. The van der Waals surface area contributed by atoms with Crippen LogP contribution >= 0.6 is 11.3 Å². The van der Waals surface area contributed by atoms with Gasteiger partial charge >= 0.3 is 0 Å². The Balaban J connectivity index is 1.62. The Morgan fingerprint density at radius 1 is 1.43 bits per heavy atom. The zero-order chi connectivity index (χ0) is 16.2. The van der Waals surface area contributed by atoms with E-state index in [1.807, 2.05) is 23.0 Å². The summed E-state index contributed by atoms with van der Waals surface area (Å²) in [6.45, 7) is 1.89. The molecule has 0 aliphatic carbocycles. The normalized spacial score (nSPS) is 17.9. The number of benzene rings is 1. The number of halogens is 1. The Morgan fingerprint density at radius 3 is 2.91 bits per heavy atom. The third kappa shape index (κ3) is 3.95. The van der Waals surface area contributed by atoms with Crippen LogP contribution < -0.4 is 0 Å². The second-order valence-electron chi connectivity index (χ2n) is 5.94. The number of amides is 1. The molecule has 0 N–H and O–H groups in total. The summed E-state index contributed by atoms with van der Waals surface area (Å²) in [5, 5.41) is 0. The lowest BCUT2D eigenvalue weighted by atomic mass is 10.0. The number of hydrogen-bond donors (Lipinski definition) is 0. The van der Waals surface area contributed by atoms with Crippen molar-refractivity contribution >= 4 is 17.2 Å². The number of carbonyl (C=O) groups is 1. The van der Waals surface area contributed by atoms with E-state index in [-0.39, 0.29) is 17.8 Å². The van der Waals surface area contributed by atoms with Crippen molar-refractivity contribution in [2.45, 2.75) is 25.4 Å². The van der Waals surface area contributed by atoms with Gasteiger partial charge in [-0.3, -0.25) is 14.7 Å². The van der Waals surface area contributed by atoms with Crippen LogP contribution in [0.25, 0.3) is 0 Å². The van der Waals surface area contributed by atoms with Gasteiger partial charge in [-0.15, -0.1) is 11.3 Å². The highest BCUT2D eigenvalue weighted by Gasteiger charge is 2.30. The van der Waals surface area contributed by atoms with E-state index in [9.17, 15) is 9.18 Å². The highest BCUT2D eigenvalue weighted by atomic mass is 32.1. The molecule has 0 spiro atoms. The van der Waals surface area contributed by atoms with Crippen LogP contribution in [0.1, 0.15) is 29.3 Å². The Hall–Kier alpha value is -1.79. The maximum atomic E-state index is 13.1. The van der Waals surface area contributed by atoms with Gasteiger partial charge in [-0.2, -0.15) is 0 Å². The van der Waals surface area contributed by atoms with Gasteiger partial charge in [0.1, 0.15) is 5.82 Å². The molecule has 0 radical (unpaired) electrons. The molecule has 122 valence electrons. The number of likely N-dealkylation sites (N-methyl/N-ethyl adjacent to an activating group) is 1. The van der Waals surface area contributed by atoms with Crippen LogP contribution in [-0.4, -0.2) is 40.8 Å². The zero-order valence-corrected chi connectivity index (χ0v) is 13.9. The van der Waals surface area contributed by atoms with E-state index in [2.05, 4.69) is 4.98 Å². The Bertz CT molecular complexity index is 644. The smallest absolute Gasteiger partial charge is 0.237 e. The lowest BCUT2D eigenvalue weighted by molar-refractivity contribution is -0.133. The molecule has 1 atom stereocenters. The predicted molar refractivity (Wildman–Crippen MR) is 88.5 cm³/mol. The lowest BCUT2D eigenvalue weighted by Crippen LogP contribution is -2.38. The van der Waals surface area contributed by atoms with Gasteiger partial charge in [-0.05, 0) is 37.6 Å². The number of nitrogens with zero attached hydrogens (tertiary/aromatic N) is 3. The van der Waals surface area contributed by atoms with Gasteiger partial charge in [0, 0.05) is 24.2 Å². The van der Waals surface area contributed by atoms with Crippen molar-refractivity contribution in [1.82, 2.24) is 14.8 Å². The van der Waals surface area contributed by atoms with Crippen LogP contribution in [0.4, 0.5) is 4.39 Å². The van der Waals surface area contributed by atoms with E-state index in [0.717, 1.165) is 36.4 Å². The average Bonchev–Trinajstić information content (AvgIpc) is 3.19. The molecule has 1 amide bonds. The van der Waals surface area contributed by atoms with Crippen LogP contribution in [0.2, 0.25) is 0 Å². The highest BCUT2D eigenvalue weighted by molar-refractivity contribution is 7.09. The largest absolute Gasteiger partial charge is 0.335 e. The SMILES string of the molecule is CN(CC(=O)N1CCCC1c1ccc(F)cc1)Cc1cncs1. The molecule has 2 aromatic rings. The molecule has 0 bridgehead atoms. The first kappa shape index (κ1) is 16.1. The van der Waals surface area contributed by atoms with Gasteiger partial charge in [0.25, 0.3) is 0 Å². The summed E-state index contributed by atoms with van der Waals surface area (Å²) in [5.74, 6) is -0.113. The van der Waals surface area contributed by atoms with Gasteiger partial charge in [-0.1, -0.05) is 12.1 Å². The predicted octanol–water partition coefficient (Wildman–Crippen LogP) is 3.08. The minimum absolute atomic E-state index is 0.0694. The Morgan fingerprint density at radius 2 is 2.22 bits per heavy atom. The summed E-state index contributed by atoms with van der Waals surface area (Å²) >= 11 is 1.60. The first-order valence-corrected chi connectivity index (χ1v) is 8.62. The first-order valence-electron chi connectivity index (χ1n) is 7.74. The molecule has 4 nitrogen and oxygen atoms in total. The van der Waals surface area contributed by atoms with Gasteiger partial charge in [0.2, 0.25) is 5.91 Å². The molecule has 1 aliphatic rings. The van der Waals surface area contributed by atoms with E-state index in [4.69, 9.17) is 0 Å². The molecule has 1 aromatic carbocycles. The van der Waals surface area contributed by atoms with Crippen LogP contribution in [0, 0.1) is 5.82 Å². The molecule has 0 saturated carbocycles. The number of likely N-dealkylation sites (tertiary alicyclic amines) is 1. The number of carbonyl (C=O) groups excluding carboxylic acids is 1. The second-order valence-corrected chi connectivity index (χ2v) is 6.91. The molecular weight excluding hydrogens is 313 g/mol. The molecule has 6 heteroatoms. The van der Waals surface area contributed by atoms with Crippen molar-refractivity contribution in [3.05, 3.63) is 52.2 Å². The number of hydrogen-bond acceptors (Lipinski definition) is 4. The fraction of sp³-hybridized carbons (Fsp3) is 0.412. The second kappa shape index (κ2) is 7.19. The molecule has 1 aromatic heterocycles. The molecule has 3 rings (SSSR count). The Kier molecular flexibility index (Phi) is 5.03. The van der Waals surface area contributed by atoms with E-state index >= 15 is 0 Å². The van der Waals surface area contributed by atoms with Gasteiger partial charge in [0.15, 0.2) is 0 Å². The quantitative estimate of drug-likeness (QED) is 0.844. The van der Waals surface area contributed by atoms with E-state index in [1.54, 1.807) is 29.0 Å². The van der Waals surface area contributed by atoms with Crippen molar-refractivity contribution in [1.29, 1.82) is 0 Å². The fourth-order valence-electron chi connectivity index (χ4n) is 3.06. The molecular formula is C17H20FN3OS. The standard InChI is InChI=1S/C17H20FN3OS/c1-20(10-15-9-19-12-23-15)11-17(22)21-8-2-3-16(21)13-4-6-14(18)7-5-13/h4-7,9,12,16H,2-3,8,10-11H2,1H3. The highest BCUT2D eigenvalue weighted by Crippen LogP contribution is 2.32. The van der Waals surface area contributed by atoms with Crippen LogP contribution in [0.3, 0.4) is 0 Å². The van der Waals surface area contributed by atoms with Crippen LogP contribution in [-0.2, 0) is 11.3 Å². The minimum atomic E-state index is -0.242. The number of aromatic nitrogens is 1. The van der Waals surface area contributed by atoms with Crippen LogP contribution in [0.15, 0.2) is 36.0 Å². The summed E-state index contributed by atoms with van der Waals surface area (Å²) in [4.78, 5) is 21.8. The summed E-state index contributed by atoms with van der Waals surface area (Å²) in [6.07, 6.45) is 3.77. The average molecular weight is 333 g/mol. The van der Waals surface area contributed by atoms with Crippen molar-refractivity contribution in [2.75, 3.05) is 20.1 Å². The third-order valence-electron chi connectivity index (χ3n) is 4.14. The molecule has 1 fully saturated rings. The zero-order valence-electron chi connectivity index (χ0n) is 13.1. The minimum Gasteiger partial charge on any atom is -0.335 e. The number of rotatable bonds is 5. The van der Waals surface area contributed by atoms with E-state index in [1.165, 1.54) is 12.1 Å². The maximum Gasteiger partial charge on any atom is 0.237 e. The fourth-order valence-corrected chi connectivity index (χ4v) is 3.73. The third-order valence-corrected chi connectivity index (χ3v) is 4.91. The van der Waals surface area contributed by atoms with Crippen molar-refractivity contribution in [2.24, 2.45) is 0 Å². The maximum absolute atomic E-state index is 13.1. The molecule has 2 heterocycles. The molecule has 1 saturated heterocycles. The van der Waals surface area contributed by atoms with Crippen molar-refractivity contribution in [3.63, 3.8) is 0 Å². The molecule has 1 aliphatic heterocycles. The summed E-state index contributed by atoms with van der Waals surface area (Å²) in [6, 6.07) is 6.57. The topological polar surface area (TPSA) is 36.4 Å². The Labute approximate surface area is 139 Å². The lowest BCUT2D eigenvalue weighted by Gasteiger charge is -2.27. The van der Waals surface area contributed by atoms with E-state index < -0.39 is 0 Å². The molecule has 23 heavy (non-hydrogen) atoms. The van der Waals surface area contributed by atoms with Crippen LogP contribution in [0.5, 0.6) is 0 Å². The van der Waals surface area contributed by atoms with Gasteiger partial charge in [0.05, 0.1) is 18.1 Å². The van der Waals surface area contributed by atoms with Crippen molar-refractivity contribution < 1.29 is 9.18 Å². The van der Waals surface area contributed by atoms with Gasteiger partial charge in [-0.25, -0.2) is 4.39 Å². The summed E-state index contributed by atoms with van der Waals surface area (Å²) in [7, 11) is 1.95. The first-order chi connectivity index (χ1) is 11.1.